The molecule has 2 heterocycles. The number of non-ortho nitro benzene ring substituents is 1. The van der Waals surface area contributed by atoms with Crippen LogP contribution in [0.1, 0.15) is 39.2 Å². The number of carbonyl (C=O) groups excluding carboxylic acids is 5. The third kappa shape index (κ3) is 11.9. The number of para-hydroxylation sites is 1. The molecule has 0 spiro atoms. The van der Waals surface area contributed by atoms with Gasteiger partial charge in [0.25, 0.3) is 5.69 Å². The Kier molecular flexibility index (Phi) is 16.0. The van der Waals surface area contributed by atoms with E-state index in [0.29, 0.717) is 27.5 Å². The van der Waals surface area contributed by atoms with Gasteiger partial charge in [0.1, 0.15) is 54.5 Å². The molecule has 5 rings (SSSR count). The molecule has 20 heteroatoms. The van der Waals surface area contributed by atoms with Crippen LogP contribution in [0.2, 0.25) is 0 Å². The molecule has 20 nitrogen and oxygen atoms in total. The Hall–Kier alpha value is -6.32. The van der Waals surface area contributed by atoms with Crippen LogP contribution in [0.25, 0.3) is 21.8 Å². The Balaban J connectivity index is 1.12. The normalized spacial score (nSPS) is 20.2. The number of hydrogen-bond donors (Lipinski definition) is 7. The van der Waals surface area contributed by atoms with Crippen molar-refractivity contribution in [3.05, 3.63) is 88.5 Å². The first kappa shape index (κ1) is 45.8. The first-order valence-corrected chi connectivity index (χ1v) is 19.5. The van der Waals surface area contributed by atoms with Gasteiger partial charge in [-0.15, -0.1) is 0 Å². The fraction of sp³-hybridized carbons (Fsp3) is 0.415. The first-order valence-electron chi connectivity index (χ1n) is 19.5. The van der Waals surface area contributed by atoms with Crippen molar-refractivity contribution in [3.8, 4) is 0 Å². The molecule has 0 radical (unpaired) electrons. The van der Waals surface area contributed by atoms with Gasteiger partial charge in [-0.1, -0.05) is 54.6 Å². The second kappa shape index (κ2) is 21.3. The number of nitrogens with one attached hydrogen (secondary N) is 4. The van der Waals surface area contributed by atoms with E-state index in [1.165, 1.54) is 26.8 Å². The number of anilines is 1. The minimum Gasteiger partial charge on any atom is -0.464 e. The molecule has 0 bridgehead atoms. The van der Waals surface area contributed by atoms with Gasteiger partial charge in [0.2, 0.25) is 23.6 Å². The maximum Gasteiger partial charge on any atom is 0.305 e. The zero-order valence-corrected chi connectivity index (χ0v) is 33.6. The molecular weight excluding hydrogens is 798 g/mol. The molecule has 1 fully saturated rings. The molecule has 1 aliphatic rings. The third-order valence-electron chi connectivity index (χ3n) is 9.81. The number of aliphatic hydroxyl groups is 2. The number of aliphatic hydroxyl groups excluding tert-OH is 2. The van der Waals surface area contributed by atoms with Crippen molar-refractivity contribution in [2.24, 2.45) is 5.73 Å². The van der Waals surface area contributed by atoms with E-state index in [2.05, 4.69) is 26.3 Å². The highest BCUT2D eigenvalue weighted by molar-refractivity contribution is 6.11. The number of primary amides is 1. The number of nitro benzene ring substituents is 1. The van der Waals surface area contributed by atoms with Crippen molar-refractivity contribution in [1.29, 1.82) is 0 Å². The molecule has 3 unspecified atom stereocenters. The molecule has 4 amide bonds. The number of nitrogens with two attached hydrogens (primary N) is 1. The summed E-state index contributed by atoms with van der Waals surface area (Å²) in [6.45, 7) is 3.26. The van der Waals surface area contributed by atoms with E-state index in [4.69, 9.17) is 24.7 Å². The number of nitro groups is 1. The molecule has 0 saturated carbocycles. The molecule has 61 heavy (non-hydrogen) atoms. The standard InChI is InChI=1S/C41H49N7O13/c1-22(44-40(55)23(2)60-37-35(45-24(3)50)41(61-31(20-49)36(37)52)59-21-25-10-5-4-6-11-25)39(54)47-29(38(42)53)16-17-32(51)58-19-18-43-34-26-12-7-8-13-27(26)46-28-14-9-15-30(33(28)34)48(56)57/h4-15,22-23,29,31,35-37,41,49,52H,16-21H2,1-3H3,(H2,42,53)(H,43,46)(H,44,55)(H,45,50)(H,47,54)/t22-,23?,29-,31?,35+,36?,37+,41-/m1/s1. The van der Waals surface area contributed by atoms with E-state index in [-0.39, 0.29) is 38.3 Å². The van der Waals surface area contributed by atoms with E-state index < -0.39 is 90.0 Å². The van der Waals surface area contributed by atoms with Gasteiger partial charge in [-0.25, -0.2) is 4.98 Å². The van der Waals surface area contributed by atoms with Crippen LogP contribution in [0.4, 0.5) is 11.4 Å². The SMILES string of the molecule is CC(=O)N[C@@H]1[C@H](OCc2ccccc2)OC(CO)C(O)[C@H]1OC(C)C(=O)N[C@H](C)C(=O)N[C@H](CCC(=O)OCCNc1c2ccccc2nc2cccc([N+](=O)[O-])c12)C(N)=O. The summed E-state index contributed by atoms with van der Waals surface area (Å²) in [6, 6.07) is 17.0. The Morgan fingerprint density at radius 3 is 2.36 bits per heavy atom. The Labute approximate surface area is 349 Å². The molecule has 8 N–H and O–H groups in total. The maximum atomic E-state index is 13.2. The lowest BCUT2D eigenvalue weighted by atomic mass is 9.96. The van der Waals surface area contributed by atoms with Crippen molar-refractivity contribution in [1.82, 2.24) is 20.9 Å². The summed E-state index contributed by atoms with van der Waals surface area (Å²) in [6.07, 6.45) is -7.11. The number of pyridine rings is 1. The quantitative estimate of drug-likeness (QED) is 0.0215. The minimum absolute atomic E-state index is 0.0504. The number of nitrogens with zero attached hydrogens (tertiary/aromatic N) is 2. The summed E-state index contributed by atoms with van der Waals surface area (Å²) in [5.74, 6) is -3.80. The zero-order chi connectivity index (χ0) is 44.2. The van der Waals surface area contributed by atoms with Gasteiger partial charge in [-0.2, -0.15) is 0 Å². The smallest absolute Gasteiger partial charge is 0.305 e. The molecule has 326 valence electrons. The topological polar surface area (TPSA) is 293 Å². The van der Waals surface area contributed by atoms with E-state index in [9.17, 15) is 44.3 Å². The summed E-state index contributed by atoms with van der Waals surface area (Å²) in [5.41, 5.74) is 7.62. The largest absolute Gasteiger partial charge is 0.464 e. The monoisotopic (exact) mass is 847 g/mol. The molecule has 3 aromatic carbocycles. The number of esters is 1. The summed E-state index contributed by atoms with van der Waals surface area (Å²) in [4.78, 5) is 79.3. The van der Waals surface area contributed by atoms with Crippen LogP contribution in [0.15, 0.2) is 72.8 Å². The summed E-state index contributed by atoms with van der Waals surface area (Å²) >= 11 is 0. The number of fused-ring (bicyclic) bond motifs is 2. The van der Waals surface area contributed by atoms with Gasteiger partial charge in [-0.05, 0) is 38.0 Å². The highest BCUT2D eigenvalue weighted by Gasteiger charge is 2.48. The van der Waals surface area contributed by atoms with Crippen LogP contribution in [0.5, 0.6) is 0 Å². The van der Waals surface area contributed by atoms with Crippen LogP contribution in [0.3, 0.4) is 0 Å². The minimum atomic E-state index is -1.51. The first-order chi connectivity index (χ1) is 29.2. The van der Waals surface area contributed by atoms with Crippen LogP contribution in [-0.4, -0.2) is 118 Å². The molecule has 4 aromatic rings. The summed E-state index contributed by atoms with van der Waals surface area (Å²) in [5, 5.41) is 44.4. The average molecular weight is 848 g/mol. The summed E-state index contributed by atoms with van der Waals surface area (Å²) in [7, 11) is 0. The molecule has 0 aliphatic carbocycles. The van der Waals surface area contributed by atoms with Crippen molar-refractivity contribution in [3.63, 3.8) is 0 Å². The Morgan fingerprint density at radius 1 is 0.967 bits per heavy atom. The fourth-order valence-electron chi connectivity index (χ4n) is 6.72. The lowest BCUT2D eigenvalue weighted by molar-refractivity contribution is -0.383. The number of carbonyl (C=O) groups is 5. The molecule has 1 aliphatic heterocycles. The second-order valence-electron chi connectivity index (χ2n) is 14.3. The van der Waals surface area contributed by atoms with Gasteiger partial charge in [0.15, 0.2) is 6.29 Å². The fourth-order valence-corrected chi connectivity index (χ4v) is 6.72. The predicted octanol–water partition coefficient (Wildman–Crippen LogP) is 1.08. The van der Waals surface area contributed by atoms with Crippen molar-refractivity contribution in [2.45, 2.75) is 89.1 Å². The lowest BCUT2D eigenvalue weighted by Crippen LogP contribution is -2.66. The number of aromatic nitrogens is 1. The van der Waals surface area contributed by atoms with Gasteiger partial charge >= 0.3 is 5.97 Å². The van der Waals surface area contributed by atoms with Crippen molar-refractivity contribution >= 4 is 62.8 Å². The van der Waals surface area contributed by atoms with Crippen LogP contribution < -0.4 is 27.0 Å². The van der Waals surface area contributed by atoms with Gasteiger partial charge in [0.05, 0.1) is 34.9 Å². The predicted molar refractivity (Wildman–Crippen MR) is 218 cm³/mol. The zero-order valence-electron chi connectivity index (χ0n) is 33.6. The number of ether oxygens (including phenoxy) is 4. The molecular formula is C41H49N7O13. The number of hydrogen-bond acceptors (Lipinski definition) is 15. The van der Waals surface area contributed by atoms with Crippen molar-refractivity contribution in [2.75, 3.05) is 25.1 Å². The van der Waals surface area contributed by atoms with E-state index >= 15 is 0 Å². The molecule has 8 atom stereocenters. The van der Waals surface area contributed by atoms with E-state index in [1.54, 1.807) is 60.7 Å². The average Bonchev–Trinajstić information content (AvgIpc) is 3.23. The van der Waals surface area contributed by atoms with Gasteiger partial charge in [-0.3, -0.25) is 34.1 Å². The highest BCUT2D eigenvalue weighted by Crippen LogP contribution is 2.36. The number of benzene rings is 3. The maximum absolute atomic E-state index is 13.2. The van der Waals surface area contributed by atoms with E-state index in [1.807, 2.05) is 6.07 Å². The molecule has 1 aromatic heterocycles. The Bertz CT molecular complexity index is 2210. The van der Waals surface area contributed by atoms with Crippen LogP contribution >= 0.6 is 0 Å². The lowest BCUT2D eigenvalue weighted by Gasteiger charge is -2.44. The molecule has 1 saturated heterocycles. The number of rotatable bonds is 20. The van der Waals surface area contributed by atoms with Crippen LogP contribution in [0, 0.1) is 10.1 Å². The van der Waals surface area contributed by atoms with Crippen molar-refractivity contribution < 1.29 is 58.1 Å². The Morgan fingerprint density at radius 2 is 1.67 bits per heavy atom. The highest BCUT2D eigenvalue weighted by atomic mass is 16.7. The van der Waals surface area contributed by atoms with Gasteiger partial charge < -0.3 is 56.2 Å². The van der Waals surface area contributed by atoms with Gasteiger partial charge in [0, 0.05) is 31.3 Å². The second-order valence-corrected chi connectivity index (χ2v) is 14.3. The van der Waals surface area contributed by atoms with Crippen LogP contribution in [-0.2, 0) is 49.5 Å². The number of amides is 4. The summed E-state index contributed by atoms with van der Waals surface area (Å²) < 4.78 is 22.9. The third-order valence-corrected chi connectivity index (χ3v) is 9.81. The van der Waals surface area contributed by atoms with E-state index in [0.717, 1.165) is 5.56 Å².